The van der Waals surface area contributed by atoms with Crippen molar-refractivity contribution in [3.8, 4) is 0 Å². The maximum Gasteiger partial charge on any atom is 0.435 e. The van der Waals surface area contributed by atoms with Gasteiger partial charge >= 0.3 is 6.18 Å². The van der Waals surface area contributed by atoms with Gasteiger partial charge in [-0.1, -0.05) is 0 Å². The van der Waals surface area contributed by atoms with E-state index < -0.39 is 17.9 Å². The van der Waals surface area contributed by atoms with Crippen molar-refractivity contribution in [3.63, 3.8) is 0 Å². The number of carbonyl (C=O) groups excluding carboxylic acids is 1. The molecule has 1 atom stereocenters. The van der Waals surface area contributed by atoms with Crippen LogP contribution in [-0.4, -0.2) is 34.2 Å². The summed E-state index contributed by atoms with van der Waals surface area (Å²) in [6.45, 7) is 2.22. The molecule has 19 heavy (non-hydrogen) atoms. The highest BCUT2D eigenvalue weighted by Crippen LogP contribution is 2.30. The molecule has 1 saturated carbocycles. The van der Waals surface area contributed by atoms with Crippen LogP contribution in [-0.2, 0) is 11.0 Å². The standard InChI is InChI=1S/C12H16F3N3O/c1-8(11(19)17(2)7-9-3-4-9)18-6-5-10(16-18)12(13,14)15/h5-6,8-9H,3-4,7H2,1-2H3. The second-order valence-corrected chi connectivity index (χ2v) is 5.02. The van der Waals surface area contributed by atoms with E-state index in [0.717, 1.165) is 23.6 Å². The Bertz CT molecular complexity index is 465. The van der Waals surface area contributed by atoms with Crippen molar-refractivity contribution >= 4 is 5.91 Å². The van der Waals surface area contributed by atoms with Gasteiger partial charge in [-0.05, 0) is 31.7 Å². The maximum absolute atomic E-state index is 12.4. The van der Waals surface area contributed by atoms with Crippen LogP contribution in [0.1, 0.15) is 31.5 Å². The summed E-state index contributed by atoms with van der Waals surface area (Å²) < 4.78 is 38.4. The quantitative estimate of drug-likeness (QED) is 0.846. The van der Waals surface area contributed by atoms with Gasteiger partial charge in [-0.3, -0.25) is 9.48 Å². The van der Waals surface area contributed by atoms with Crippen molar-refractivity contribution in [2.24, 2.45) is 5.92 Å². The van der Waals surface area contributed by atoms with Crippen LogP contribution < -0.4 is 0 Å². The van der Waals surface area contributed by atoms with Gasteiger partial charge in [-0.2, -0.15) is 18.3 Å². The molecule has 1 aromatic heterocycles. The molecule has 0 bridgehead atoms. The summed E-state index contributed by atoms with van der Waals surface area (Å²) in [5.41, 5.74) is -0.975. The van der Waals surface area contributed by atoms with Gasteiger partial charge in [0.2, 0.25) is 5.91 Å². The highest BCUT2D eigenvalue weighted by atomic mass is 19.4. The number of nitrogens with zero attached hydrogens (tertiary/aromatic N) is 3. The van der Waals surface area contributed by atoms with Crippen LogP contribution in [0.25, 0.3) is 0 Å². The number of aromatic nitrogens is 2. The molecule has 0 N–H and O–H groups in total. The molecule has 1 aliphatic rings. The van der Waals surface area contributed by atoms with Crippen molar-refractivity contribution in [3.05, 3.63) is 18.0 Å². The van der Waals surface area contributed by atoms with Crippen molar-refractivity contribution < 1.29 is 18.0 Å². The molecule has 0 spiro atoms. The fourth-order valence-corrected chi connectivity index (χ4v) is 1.91. The predicted octanol–water partition coefficient (Wildman–Crippen LogP) is 2.33. The first-order valence-electron chi connectivity index (χ1n) is 6.16. The third-order valence-corrected chi connectivity index (χ3v) is 3.26. The molecule has 0 aromatic carbocycles. The van der Waals surface area contributed by atoms with Gasteiger partial charge in [0.05, 0.1) is 0 Å². The molecule has 7 heteroatoms. The van der Waals surface area contributed by atoms with E-state index in [2.05, 4.69) is 5.10 Å². The Hall–Kier alpha value is -1.53. The van der Waals surface area contributed by atoms with Crippen molar-refractivity contribution in [2.75, 3.05) is 13.6 Å². The lowest BCUT2D eigenvalue weighted by Gasteiger charge is -2.21. The number of amides is 1. The number of likely N-dealkylation sites (N-methyl/N-ethyl adjacent to an activating group) is 1. The second-order valence-electron chi connectivity index (χ2n) is 5.02. The minimum absolute atomic E-state index is 0.219. The monoisotopic (exact) mass is 275 g/mol. The molecule has 0 saturated heterocycles. The number of alkyl halides is 3. The Kier molecular flexibility index (Phi) is 3.56. The van der Waals surface area contributed by atoms with Gasteiger partial charge in [0.25, 0.3) is 0 Å². The number of halogens is 3. The third kappa shape index (κ3) is 3.27. The Morgan fingerprint density at radius 2 is 2.21 bits per heavy atom. The first-order valence-corrected chi connectivity index (χ1v) is 6.16. The normalized spacial score (nSPS) is 17.3. The summed E-state index contributed by atoms with van der Waals surface area (Å²) in [5.74, 6) is 0.327. The van der Waals surface area contributed by atoms with E-state index in [0.29, 0.717) is 12.5 Å². The summed E-state index contributed by atoms with van der Waals surface area (Å²) in [6, 6.07) is 0.157. The van der Waals surface area contributed by atoms with Gasteiger partial charge < -0.3 is 4.90 Å². The highest BCUT2D eigenvalue weighted by Gasteiger charge is 2.34. The molecule has 0 aliphatic heterocycles. The molecule has 1 fully saturated rings. The van der Waals surface area contributed by atoms with E-state index in [1.54, 1.807) is 18.9 Å². The second kappa shape index (κ2) is 4.86. The number of hydrogen-bond acceptors (Lipinski definition) is 2. The molecular weight excluding hydrogens is 259 g/mol. The molecule has 1 aromatic rings. The SMILES string of the molecule is CC(C(=O)N(C)CC1CC1)n1ccc(C(F)(F)F)n1. The summed E-state index contributed by atoms with van der Waals surface area (Å²) >= 11 is 0. The molecule has 1 amide bonds. The summed E-state index contributed by atoms with van der Waals surface area (Å²) in [4.78, 5) is 13.6. The molecule has 1 heterocycles. The van der Waals surface area contributed by atoms with Gasteiger partial charge in [0.15, 0.2) is 5.69 Å². The van der Waals surface area contributed by atoms with Gasteiger partial charge in [0.1, 0.15) is 6.04 Å². The topological polar surface area (TPSA) is 38.1 Å². The molecular formula is C12H16F3N3O. The fraction of sp³-hybridized carbons (Fsp3) is 0.667. The van der Waals surface area contributed by atoms with E-state index in [1.807, 2.05) is 0 Å². The average Bonchev–Trinajstić information content (AvgIpc) is 2.97. The van der Waals surface area contributed by atoms with Gasteiger partial charge in [-0.15, -0.1) is 0 Å². The fourth-order valence-electron chi connectivity index (χ4n) is 1.91. The van der Waals surface area contributed by atoms with Crippen LogP contribution >= 0.6 is 0 Å². The van der Waals surface area contributed by atoms with E-state index in [-0.39, 0.29) is 5.91 Å². The Morgan fingerprint density at radius 1 is 1.58 bits per heavy atom. The average molecular weight is 275 g/mol. The third-order valence-electron chi connectivity index (χ3n) is 3.26. The number of carbonyl (C=O) groups is 1. The molecule has 1 unspecified atom stereocenters. The summed E-state index contributed by atoms with van der Waals surface area (Å²) in [5, 5.41) is 3.42. The largest absolute Gasteiger partial charge is 0.435 e. The molecule has 1 aliphatic carbocycles. The summed E-state index contributed by atoms with van der Waals surface area (Å²) in [7, 11) is 1.67. The lowest BCUT2D eigenvalue weighted by atomic mass is 10.3. The lowest BCUT2D eigenvalue weighted by Crippen LogP contribution is -2.34. The van der Waals surface area contributed by atoms with Crippen molar-refractivity contribution in [2.45, 2.75) is 32.0 Å². The van der Waals surface area contributed by atoms with Crippen LogP contribution in [0.15, 0.2) is 12.3 Å². The zero-order chi connectivity index (χ0) is 14.2. The van der Waals surface area contributed by atoms with Crippen LogP contribution in [0.4, 0.5) is 13.2 Å². The molecule has 4 nitrogen and oxygen atoms in total. The van der Waals surface area contributed by atoms with Crippen LogP contribution in [0.2, 0.25) is 0 Å². The highest BCUT2D eigenvalue weighted by molar-refractivity contribution is 5.79. The summed E-state index contributed by atoms with van der Waals surface area (Å²) in [6.07, 6.45) is -1.05. The van der Waals surface area contributed by atoms with Crippen LogP contribution in [0.3, 0.4) is 0 Å². The smallest absolute Gasteiger partial charge is 0.344 e. The minimum atomic E-state index is -4.48. The Balaban J connectivity index is 2.03. The zero-order valence-corrected chi connectivity index (χ0v) is 10.8. The van der Waals surface area contributed by atoms with E-state index in [9.17, 15) is 18.0 Å². The van der Waals surface area contributed by atoms with E-state index >= 15 is 0 Å². The molecule has 0 radical (unpaired) electrons. The number of rotatable bonds is 4. The van der Waals surface area contributed by atoms with Crippen LogP contribution in [0, 0.1) is 5.92 Å². The van der Waals surface area contributed by atoms with Gasteiger partial charge in [-0.25, -0.2) is 0 Å². The van der Waals surface area contributed by atoms with Crippen molar-refractivity contribution in [1.29, 1.82) is 0 Å². The lowest BCUT2D eigenvalue weighted by molar-refractivity contribution is -0.142. The van der Waals surface area contributed by atoms with Crippen molar-refractivity contribution in [1.82, 2.24) is 14.7 Å². The van der Waals surface area contributed by atoms with Gasteiger partial charge in [0, 0.05) is 19.8 Å². The molecule has 2 rings (SSSR count). The Morgan fingerprint density at radius 3 is 2.68 bits per heavy atom. The molecule has 106 valence electrons. The maximum atomic E-state index is 12.4. The van der Waals surface area contributed by atoms with Crippen LogP contribution in [0.5, 0.6) is 0 Å². The van der Waals surface area contributed by atoms with E-state index in [4.69, 9.17) is 0 Å². The zero-order valence-electron chi connectivity index (χ0n) is 10.8. The van der Waals surface area contributed by atoms with E-state index in [1.165, 1.54) is 6.20 Å². The first-order chi connectivity index (χ1) is 8.79. The first kappa shape index (κ1) is 13.9. The number of hydrogen-bond donors (Lipinski definition) is 0. The predicted molar refractivity (Wildman–Crippen MR) is 62.3 cm³/mol. The minimum Gasteiger partial charge on any atom is -0.344 e. The Labute approximate surface area is 109 Å².